The lowest BCUT2D eigenvalue weighted by atomic mass is 9.76. The molecule has 27 heavy (non-hydrogen) atoms. The molecule has 1 saturated carbocycles. The third kappa shape index (κ3) is 6.17. The molecule has 0 aromatic heterocycles. The summed E-state index contributed by atoms with van der Waals surface area (Å²) in [4.78, 5) is 12.2. The second-order valence-corrected chi connectivity index (χ2v) is 12.2. The topological polar surface area (TPSA) is 26.3 Å². The summed E-state index contributed by atoms with van der Waals surface area (Å²) in [5.74, 6) is 1.14. The lowest BCUT2D eigenvalue weighted by Gasteiger charge is -2.37. The number of rotatable bonds is 7. The number of benzene rings is 1. The maximum absolute atomic E-state index is 13.0. The predicted molar refractivity (Wildman–Crippen MR) is 111 cm³/mol. The van der Waals surface area contributed by atoms with Crippen LogP contribution in [0, 0.1) is 17.7 Å². The fourth-order valence-electron chi connectivity index (χ4n) is 5.11. The summed E-state index contributed by atoms with van der Waals surface area (Å²) in [6, 6.07) is 10.3. The SMILES string of the molecule is CCCCC[SiH]1CCC(C2CCC(OC(=O)c3ccc(F)cc3)CC2)CC1. The van der Waals surface area contributed by atoms with Crippen LogP contribution >= 0.6 is 0 Å². The van der Waals surface area contributed by atoms with E-state index in [0.29, 0.717) is 5.56 Å². The second kappa shape index (κ2) is 10.4. The molecule has 1 aliphatic carbocycles. The van der Waals surface area contributed by atoms with Gasteiger partial charge in [0, 0.05) is 8.80 Å². The fourth-order valence-corrected chi connectivity index (χ4v) is 8.65. The van der Waals surface area contributed by atoms with Crippen molar-refractivity contribution >= 4 is 14.8 Å². The van der Waals surface area contributed by atoms with Gasteiger partial charge in [0.15, 0.2) is 0 Å². The van der Waals surface area contributed by atoms with Crippen molar-refractivity contribution in [1.82, 2.24) is 0 Å². The Balaban J connectivity index is 1.37. The third-order valence-electron chi connectivity index (χ3n) is 6.85. The van der Waals surface area contributed by atoms with Crippen molar-refractivity contribution in [2.45, 2.75) is 88.9 Å². The van der Waals surface area contributed by atoms with E-state index in [9.17, 15) is 9.18 Å². The Hall–Kier alpha value is -1.16. The van der Waals surface area contributed by atoms with E-state index in [2.05, 4.69) is 6.92 Å². The van der Waals surface area contributed by atoms with Gasteiger partial charge in [-0.25, -0.2) is 9.18 Å². The molecule has 2 aliphatic rings. The van der Waals surface area contributed by atoms with Crippen molar-refractivity contribution in [1.29, 1.82) is 0 Å². The standard InChI is InChI=1S/C23H35FO2Si/c1-2-3-4-15-27-16-13-19(14-17-27)18-7-11-22(12-8-18)26-23(25)20-5-9-21(24)10-6-20/h5-6,9-10,18-19,22,27H,2-4,7-8,11-17H2,1H3. The van der Waals surface area contributed by atoms with E-state index < -0.39 is 8.80 Å². The number of carbonyl (C=O) groups excluding carboxylic acids is 1. The fraction of sp³-hybridized carbons (Fsp3) is 0.696. The van der Waals surface area contributed by atoms with Crippen LogP contribution in [0.3, 0.4) is 0 Å². The minimum Gasteiger partial charge on any atom is -0.459 e. The van der Waals surface area contributed by atoms with Crippen molar-refractivity contribution in [2.75, 3.05) is 0 Å². The minimum atomic E-state index is -0.417. The average Bonchev–Trinajstić information content (AvgIpc) is 2.70. The molecule has 150 valence electrons. The molecular weight excluding hydrogens is 355 g/mol. The quantitative estimate of drug-likeness (QED) is 0.307. The predicted octanol–water partition coefficient (Wildman–Crippen LogP) is 6.37. The molecule has 0 spiro atoms. The van der Waals surface area contributed by atoms with Crippen molar-refractivity contribution in [2.24, 2.45) is 11.8 Å². The van der Waals surface area contributed by atoms with Crippen LogP contribution in [0.25, 0.3) is 0 Å². The number of ether oxygens (including phenoxy) is 1. The van der Waals surface area contributed by atoms with Gasteiger partial charge < -0.3 is 4.74 Å². The van der Waals surface area contributed by atoms with E-state index in [1.54, 1.807) is 18.1 Å². The van der Waals surface area contributed by atoms with E-state index in [4.69, 9.17) is 4.74 Å². The Bertz CT molecular complexity index is 573. The molecule has 0 amide bonds. The van der Waals surface area contributed by atoms with Crippen molar-refractivity contribution in [3.8, 4) is 0 Å². The first kappa shape index (κ1) is 20.6. The van der Waals surface area contributed by atoms with Gasteiger partial charge in [0.2, 0.25) is 0 Å². The maximum Gasteiger partial charge on any atom is 0.338 e. The summed E-state index contributed by atoms with van der Waals surface area (Å²) in [6.45, 7) is 2.30. The summed E-state index contributed by atoms with van der Waals surface area (Å²) >= 11 is 0. The van der Waals surface area contributed by atoms with E-state index >= 15 is 0 Å². The Morgan fingerprint density at radius 1 is 1.00 bits per heavy atom. The van der Waals surface area contributed by atoms with Gasteiger partial charge >= 0.3 is 5.97 Å². The number of unbranched alkanes of at least 4 members (excludes halogenated alkanes) is 2. The summed E-state index contributed by atoms with van der Waals surface area (Å²) in [5.41, 5.74) is 0.449. The van der Waals surface area contributed by atoms with Crippen LogP contribution < -0.4 is 0 Å². The normalized spacial score (nSPS) is 28.7. The highest BCUT2D eigenvalue weighted by Crippen LogP contribution is 2.40. The van der Waals surface area contributed by atoms with E-state index in [-0.39, 0.29) is 17.9 Å². The Morgan fingerprint density at radius 2 is 1.63 bits per heavy atom. The van der Waals surface area contributed by atoms with Crippen molar-refractivity contribution < 1.29 is 13.9 Å². The first-order valence-electron chi connectivity index (χ1n) is 11.1. The van der Waals surface area contributed by atoms with Gasteiger partial charge in [0.05, 0.1) is 5.56 Å². The highest BCUT2D eigenvalue weighted by molar-refractivity contribution is 6.58. The Labute approximate surface area is 165 Å². The minimum absolute atomic E-state index is 0.0403. The van der Waals surface area contributed by atoms with Crippen molar-refractivity contribution in [3.63, 3.8) is 0 Å². The van der Waals surface area contributed by atoms with E-state index in [1.165, 1.54) is 69.2 Å². The number of carbonyl (C=O) groups is 1. The molecule has 1 aromatic carbocycles. The number of hydrogen-bond acceptors (Lipinski definition) is 2. The summed E-state index contributed by atoms with van der Waals surface area (Å²) in [5, 5.41) is 0. The zero-order chi connectivity index (χ0) is 19.1. The molecule has 1 aliphatic heterocycles. The summed E-state index contributed by atoms with van der Waals surface area (Å²) in [6.07, 6.45) is 11.6. The first-order valence-corrected chi connectivity index (χ1v) is 13.6. The van der Waals surface area contributed by atoms with Gasteiger partial charge in [-0.2, -0.15) is 0 Å². The molecule has 0 bridgehead atoms. The van der Waals surface area contributed by atoms with Crippen molar-refractivity contribution in [3.05, 3.63) is 35.6 Å². The first-order chi connectivity index (χ1) is 13.2. The molecule has 1 heterocycles. The van der Waals surface area contributed by atoms with E-state index in [1.807, 2.05) is 0 Å². The number of hydrogen-bond donors (Lipinski definition) is 0. The van der Waals surface area contributed by atoms with Crippen LogP contribution in [-0.2, 0) is 4.74 Å². The zero-order valence-electron chi connectivity index (χ0n) is 16.8. The van der Waals surface area contributed by atoms with E-state index in [0.717, 1.165) is 24.7 Å². The lowest BCUT2D eigenvalue weighted by Crippen LogP contribution is -2.31. The molecule has 4 heteroatoms. The number of halogens is 1. The van der Waals surface area contributed by atoms with Crippen LogP contribution in [0.1, 0.15) is 75.1 Å². The van der Waals surface area contributed by atoms with Crippen LogP contribution in [0.15, 0.2) is 24.3 Å². The van der Waals surface area contributed by atoms with Gasteiger partial charge in [0.1, 0.15) is 11.9 Å². The summed E-state index contributed by atoms with van der Waals surface area (Å²) in [7, 11) is -0.417. The summed E-state index contributed by atoms with van der Waals surface area (Å²) < 4.78 is 18.7. The largest absolute Gasteiger partial charge is 0.459 e. The molecule has 0 N–H and O–H groups in total. The molecule has 0 atom stereocenters. The molecule has 2 nitrogen and oxygen atoms in total. The lowest BCUT2D eigenvalue weighted by molar-refractivity contribution is 0.0127. The highest BCUT2D eigenvalue weighted by Gasteiger charge is 2.32. The maximum atomic E-state index is 13.0. The van der Waals surface area contributed by atoms with Crippen LogP contribution in [0.2, 0.25) is 18.1 Å². The van der Waals surface area contributed by atoms with Gasteiger partial charge in [-0.3, -0.25) is 0 Å². The molecule has 3 rings (SSSR count). The highest BCUT2D eigenvalue weighted by atomic mass is 28.3. The van der Waals surface area contributed by atoms with Crippen LogP contribution in [0.5, 0.6) is 0 Å². The van der Waals surface area contributed by atoms with Gasteiger partial charge in [-0.1, -0.05) is 57.2 Å². The molecule has 0 radical (unpaired) electrons. The average molecular weight is 391 g/mol. The third-order valence-corrected chi connectivity index (χ3v) is 10.4. The molecule has 0 unspecified atom stereocenters. The monoisotopic (exact) mass is 390 g/mol. The van der Waals surface area contributed by atoms with Crippen LogP contribution in [-0.4, -0.2) is 20.9 Å². The Morgan fingerprint density at radius 3 is 2.26 bits per heavy atom. The number of esters is 1. The van der Waals surface area contributed by atoms with Gasteiger partial charge in [-0.15, -0.1) is 0 Å². The zero-order valence-corrected chi connectivity index (χ0v) is 18.0. The van der Waals surface area contributed by atoms with Gasteiger partial charge in [0.25, 0.3) is 0 Å². The smallest absolute Gasteiger partial charge is 0.338 e. The van der Waals surface area contributed by atoms with Crippen LogP contribution in [0.4, 0.5) is 4.39 Å². The Kier molecular flexibility index (Phi) is 7.92. The molecule has 1 saturated heterocycles. The molecular formula is C23H35FO2Si. The second-order valence-electron chi connectivity index (χ2n) is 8.73. The molecule has 1 aromatic rings. The van der Waals surface area contributed by atoms with Gasteiger partial charge in [-0.05, 0) is 61.8 Å². The molecule has 2 fully saturated rings.